The molecular weight excluding hydrogens is 447 g/mol. The molecule has 2 aliphatic rings. The summed E-state index contributed by atoms with van der Waals surface area (Å²) < 4.78 is 36.1. The Morgan fingerprint density at radius 3 is 2.62 bits per heavy atom. The molecule has 10 heteroatoms. The Bertz CT molecular complexity index is 497. The van der Waals surface area contributed by atoms with Gasteiger partial charge in [0.05, 0.1) is 19.0 Å². The van der Waals surface area contributed by atoms with Crippen molar-refractivity contribution in [2.24, 2.45) is 4.99 Å². The maximum atomic E-state index is 11.0. The van der Waals surface area contributed by atoms with Crippen LogP contribution in [0.1, 0.15) is 19.3 Å². The van der Waals surface area contributed by atoms with Crippen LogP contribution in [-0.2, 0) is 19.5 Å². The zero-order valence-electron chi connectivity index (χ0n) is 14.4. The van der Waals surface area contributed by atoms with Gasteiger partial charge in [0.2, 0.25) is 10.0 Å². The first kappa shape index (κ1) is 21.9. The third-order valence-corrected chi connectivity index (χ3v) is 4.71. The quantitative estimate of drug-likeness (QED) is 0.243. The molecule has 0 amide bonds. The lowest BCUT2D eigenvalue weighted by molar-refractivity contribution is -0.0816. The monoisotopic (exact) mass is 476 g/mol. The topological polar surface area (TPSA) is 92.3 Å². The van der Waals surface area contributed by atoms with E-state index in [4.69, 9.17) is 9.47 Å². The molecule has 2 atom stereocenters. The first-order chi connectivity index (χ1) is 11.0. The van der Waals surface area contributed by atoms with Crippen molar-refractivity contribution in [2.75, 3.05) is 52.7 Å². The highest BCUT2D eigenvalue weighted by molar-refractivity contribution is 14.0. The highest BCUT2D eigenvalue weighted by Gasteiger charge is 2.32. The molecule has 0 bridgehead atoms. The second-order valence-corrected chi connectivity index (χ2v) is 7.73. The zero-order valence-corrected chi connectivity index (χ0v) is 17.5. The summed E-state index contributed by atoms with van der Waals surface area (Å²) in [6.07, 6.45) is 4.31. The van der Waals surface area contributed by atoms with Gasteiger partial charge in [0.15, 0.2) is 5.96 Å². The largest absolute Gasteiger partial charge is 0.375 e. The number of nitrogens with zero attached hydrogens (tertiary/aromatic N) is 2. The Labute approximate surface area is 161 Å². The minimum atomic E-state index is -3.12. The molecule has 2 fully saturated rings. The van der Waals surface area contributed by atoms with Crippen LogP contribution in [-0.4, -0.2) is 84.2 Å². The lowest BCUT2D eigenvalue weighted by atomic mass is 10.1. The summed E-state index contributed by atoms with van der Waals surface area (Å²) in [6.45, 7) is 4.14. The smallest absolute Gasteiger partial charge is 0.208 e. The molecule has 2 aliphatic heterocycles. The SMILES string of the molecule is CN=C(NCCCNS(C)(=O)=O)N1CCOC(C2CCCO2)C1.I. The van der Waals surface area contributed by atoms with Crippen molar-refractivity contribution >= 4 is 40.0 Å². The fourth-order valence-corrected chi connectivity index (χ4v) is 3.38. The van der Waals surface area contributed by atoms with Gasteiger partial charge >= 0.3 is 0 Å². The van der Waals surface area contributed by atoms with Gasteiger partial charge < -0.3 is 19.7 Å². The number of morpholine rings is 1. The molecule has 0 aromatic carbocycles. The summed E-state index contributed by atoms with van der Waals surface area (Å²) in [5, 5.41) is 3.28. The molecule has 24 heavy (non-hydrogen) atoms. The van der Waals surface area contributed by atoms with Gasteiger partial charge in [-0.2, -0.15) is 0 Å². The van der Waals surface area contributed by atoms with Crippen molar-refractivity contribution in [1.29, 1.82) is 0 Å². The molecule has 2 heterocycles. The summed E-state index contributed by atoms with van der Waals surface area (Å²) in [7, 11) is -1.36. The van der Waals surface area contributed by atoms with Crippen LogP contribution in [0.15, 0.2) is 4.99 Å². The average molecular weight is 476 g/mol. The van der Waals surface area contributed by atoms with E-state index in [0.717, 1.165) is 38.5 Å². The fraction of sp³-hybridized carbons (Fsp3) is 0.929. The van der Waals surface area contributed by atoms with E-state index in [1.54, 1.807) is 7.05 Å². The molecule has 2 rings (SSSR count). The zero-order chi connectivity index (χ0) is 16.7. The molecule has 0 spiro atoms. The van der Waals surface area contributed by atoms with E-state index in [9.17, 15) is 8.42 Å². The van der Waals surface area contributed by atoms with Crippen LogP contribution in [0.2, 0.25) is 0 Å². The second-order valence-electron chi connectivity index (χ2n) is 5.90. The van der Waals surface area contributed by atoms with E-state index in [0.29, 0.717) is 26.1 Å². The molecule has 0 aliphatic carbocycles. The number of sulfonamides is 1. The molecule has 8 nitrogen and oxygen atoms in total. The van der Waals surface area contributed by atoms with Crippen LogP contribution in [0.3, 0.4) is 0 Å². The summed E-state index contributed by atoms with van der Waals surface area (Å²) in [5.74, 6) is 0.829. The summed E-state index contributed by atoms with van der Waals surface area (Å²) in [6, 6.07) is 0. The number of ether oxygens (including phenoxy) is 2. The molecule has 2 N–H and O–H groups in total. The van der Waals surface area contributed by atoms with E-state index in [1.807, 2.05) is 0 Å². The van der Waals surface area contributed by atoms with Crippen LogP contribution in [0, 0.1) is 0 Å². The minimum Gasteiger partial charge on any atom is -0.375 e. The minimum absolute atomic E-state index is 0. The third-order valence-electron chi connectivity index (χ3n) is 3.99. The van der Waals surface area contributed by atoms with Crippen LogP contribution in [0.4, 0.5) is 0 Å². The standard InChI is InChI=1S/C14H28N4O4S.HI/c1-15-14(16-6-4-7-17-23(2,19)20)18-8-10-22-13(11-18)12-5-3-9-21-12;/h12-13,17H,3-11H2,1-2H3,(H,15,16);1H. The number of guanidine groups is 1. The van der Waals surface area contributed by atoms with Gasteiger partial charge in [-0.05, 0) is 19.3 Å². The van der Waals surface area contributed by atoms with Gasteiger partial charge in [-0.25, -0.2) is 13.1 Å². The number of nitrogens with one attached hydrogen (secondary N) is 2. The van der Waals surface area contributed by atoms with E-state index in [1.165, 1.54) is 6.26 Å². The van der Waals surface area contributed by atoms with E-state index < -0.39 is 10.0 Å². The lowest BCUT2D eigenvalue weighted by Gasteiger charge is -2.37. The molecule has 142 valence electrons. The van der Waals surface area contributed by atoms with E-state index >= 15 is 0 Å². The summed E-state index contributed by atoms with van der Waals surface area (Å²) in [4.78, 5) is 6.50. The number of hydrogen-bond acceptors (Lipinski definition) is 5. The normalized spacial score (nSPS) is 25.4. The van der Waals surface area contributed by atoms with Crippen molar-refractivity contribution in [2.45, 2.75) is 31.5 Å². The highest BCUT2D eigenvalue weighted by Crippen LogP contribution is 2.20. The number of halogens is 1. The van der Waals surface area contributed by atoms with Crippen molar-refractivity contribution in [1.82, 2.24) is 14.9 Å². The van der Waals surface area contributed by atoms with Crippen LogP contribution in [0.5, 0.6) is 0 Å². The fourth-order valence-electron chi connectivity index (χ4n) is 2.87. The van der Waals surface area contributed by atoms with Gasteiger partial charge in [0.1, 0.15) is 6.10 Å². The number of hydrogen-bond donors (Lipinski definition) is 2. The Kier molecular flexibility index (Phi) is 9.79. The van der Waals surface area contributed by atoms with Crippen LogP contribution < -0.4 is 10.0 Å². The number of aliphatic imine (C=N–C) groups is 1. The maximum Gasteiger partial charge on any atom is 0.208 e. The molecular formula is C14H29IN4O4S. The van der Waals surface area contributed by atoms with Gasteiger partial charge in [0, 0.05) is 39.8 Å². The van der Waals surface area contributed by atoms with Gasteiger partial charge in [-0.15, -0.1) is 24.0 Å². The van der Waals surface area contributed by atoms with Crippen LogP contribution >= 0.6 is 24.0 Å². The van der Waals surface area contributed by atoms with Gasteiger partial charge in [0.25, 0.3) is 0 Å². The van der Waals surface area contributed by atoms with Gasteiger partial charge in [-0.1, -0.05) is 0 Å². The predicted octanol–water partition coefficient (Wildman–Crippen LogP) is -0.00110. The Morgan fingerprint density at radius 1 is 1.25 bits per heavy atom. The molecule has 2 saturated heterocycles. The maximum absolute atomic E-state index is 11.0. The van der Waals surface area contributed by atoms with E-state index in [-0.39, 0.29) is 36.2 Å². The third kappa shape index (κ3) is 7.38. The van der Waals surface area contributed by atoms with Crippen LogP contribution in [0.25, 0.3) is 0 Å². The average Bonchev–Trinajstić information content (AvgIpc) is 3.04. The van der Waals surface area contributed by atoms with Crippen molar-refractivity contribution in [3.05, 3.63) is 0 Å². The first-order valence-corrected chi connectivity index (χ1v) is 10.0. The Hall–Kier alpha value is -0.170. The van der Waals surface area contributed by atoms with Gasteiger partial charge in [-0.3, -0.25) is 4.99 Å². The van der Waals surface area contributed by atoms with Crippen molar-refractivity contribution in [3.63, 3.8) is 0 Å². The lowest BCUT2D eigenvalue weighted by Crippen LogP contribution is -2.53. The second kappa shape index (κ2) is 10.7. The van der Waals surface area contributed by atoms with Crippen molar-refractivity contribution in [3.8, 4) is 0 Å². The predicted molar refractivity (Wildman–Crippen MR) is 105 cm³/mol. The Morgan fingerprint density at radius 2 is 2.00 bits per heavy atom. The first-order valence-electron chi connectivity index (χ1n) is 8.13. The van der Waals surface area contributed by atoms with Crippen molar-refractivity contribution < 1.29 is 17.9 Å². The highest BCUT2D eigenvalue weighted by atomic mass is 127. The summed E-state index contributed by atoms with van der Waals surface area (Å²) in [5.41, 5.74) is 0. The Balaban J connectivity index is 0.00000288. The molecule has 0 radical (unpaired) electrons. The van der Waals surface area contributed by atoms with E-state index in [2.05, 4.69) is 19.9 Å². The number of rotatable bonds is 6. The molecule has 0 saturated carbocycles. The molecule has 2 unspecified atom stereocenters. The molecule has 0 aromatic heterocycles. The molecule has 0 aromatic rings. The summed E-state index contributed by atoms with van der Waals surface area (Å²) >= 11 is 0.